The minimum Gasteiger partial charge on any atom is -0.350 e. The summed E-state index contributed by atoms with van der Waals surface area (Å²) in [6.45, 7) is 4.94. The average molecular weight is 621 g/mol. The molecular weight excluding hydrogens is 575 g/mol. The summed E-state index contributed by atoms with van der Waals surface area (Å²) in [6, 6.07) is 30.4. The van der Waals surface area contributed by atoms with Crippen LogP contribution in [0.3, 0.4) is 0 Å². The summed E-state index contributed by atoms with van der Waals surface area (Å²) in [5.74, 6) is -0.253. The van der Waals surface area contributed by atoms with Gasteiger partial charge >= 0.3 is 0 Å². The van der Waals surface area contributed by atoms with Crippen LogP contribution in [0.4, 0.5) is 4.39 Å². The number of nitrogens with zero attached hydrogens (tertiary/aromatic N) is 2. The predicted octanol–water partition coefficient (Wildman–Crippen LogP) is 6.37. The molecule has 2 fully saturated rings. The Kier molecular flexibility index (Phi) is 10.7. The number of likely N-dealkylation sites (tertiary alicyclic amines) is 1. The quantitative estimate of drug-likeness (QED) is 0.205. The van der Waals surface area contributed by atoms with Gasteiger partial charge in [-0.25, -0.2) is 4.39 Å². The van der Waals surface area contributed by atoms with Crippen LogP contribution in [-0.4, -0.2) is 73.0 Å². The third-order valence-corrected chi connectivity index (χ3v) is 9.59. The Morgan fingerprint density at radius 1 is 0.848 bits per heavy atom. The minimum atomic E-state index is -0.308. The lowest BCUT2D eigenvalue weighted by atomic mass is 9.90. The van der Waals surface area contributed by atoms with Gasteiger partial charge in [0.1, 0.15) is 5.82 Å². The molecule has 2 atom stereocenters. The fourth-order valence-corrected chi connectivity index (χ4v) is 7.00. The molecule has 0 aromatic heterocycles. The topological polar surface area (TPSA) is 64.7 Å². The van der Waals surface area contributed by atoms with Crippen molar-refractivity contribution in [3.63, 3.8) is 0 Å². The first-order valence-corrected chi connectivity index (χ1v) is 16.9. The first-order valence-electron chi connectivity index (χ1n) is 16.9. The Morgan fingerprint density at radius 2 is 1.52 bits per heavy atom. The van der Waals surface area contributed by atoms with E-state index in [0.29, 0.717) is 25.2 Å². The lowest BCUT2D eigenvalue weighted by molar-refractivity contribution is -0.133. The Labute approximate surface area is 272 Å². The lowest BCUT2D eigenvalue weighted by Gasteiger charge is -2.30. The maximum atomic E-state index is 14.2. The summed E-state index contributed by atoms with van der Waals surface area (Å²) in [7, 11) is 0. The van der Waals surface area contributed by atoms with Gasteiger partial charge < -0.3 is 20.4 Å². The number of hydrogen-bond acceptors (Lipinski definition) is 4. The zero-order chi connectivity index (χ0) is 31.7. The second-order valence-electron chi connectivity index (χ2n) is 12.8. The van der Waals surface area contributed by atoms with E-state index in [1.165, 1.54) is 42.5 Å². The molecule has 2 saturated heterocycles. The molecule has 240 valence electrons. The number of carbonyl (C=O) groups is 2. The molecule has 0 bridgehead atoms. The maximum absolute atomic E-state index is 14.2. The molecule has 6 nitrogen and oxygen atoms in total. The van der Waals surface area contributed by atoms with Gasteiger partial charge in [-0.15, -0.1) is 0 Å². The number of amides is 2. The summed E-state index contributed by atoms with van der Waals surface area (Å²) < 4.78 is 13.6. The van der Waals surface area contributed by atoms with Crippen molar-refractivity contribution < 1.29 is 14.0 Å². The largest absolute Gasteiger partial charge is 0.350 e. The summed E-state index contributed by atoms with van der Waals surface area (Å²) in [5, 5.41) is 8.36. The fraction of sp³-hybridized carbons (Fsp3) is 0.385. The molecule has 2 aliphatic rings. The SMILES string of the molecule is O=C(NC[C@@H]1CCN(CC(c2ccccc2)c2ccccc2)C(=O)[C@H](CCCN2CCCCC2)N1)c1ccc2cc(F)ccc2c1. The van der Waals surface area contributed by atoms with Crippen molar-refractivity contribution in [3.8, 4) is 0 Å². The molecule has 2 heterocycles. The maximum Gasteiger partial charge on any atom is 0.251 e. The molecule has 6 rings (SSSR count). The smallest absolute Gasteiger partial charge is 0.251 e. The Balaban J connectivity index is 1.16. The molecule has 0 saturated carbocycles. The highest BCUT2D eigenvalue weighted by molar-refractivity contribution is 5.98. The second-order valence-corrected chi connectivity index (χ2v) is 12.8. The van der Waals surface area contributed by atoms with Crippen molar-refractivity contribution in [3.05, 3.63) is 120 Å². The predicted molar refractivity (Wildman–Crippen MR) is 182 cm³/mol. The number of rotatable bonds is 11. The molecule has 4 aromatic carbocycles. The van der Waals surface area contributed by atoms with Crippen molar-refractivity contribution in [1.29, 1.82) is 0 Å². The molecule has 2 aliphatic heterocycles. The number of nitrogens with one attached hydrogen (secondary N) is 2. The molecule has 4 aromatic rings. The van der Waals surface area contributed by atoms with Crippen LogP contribution in [0.25, 0.3) is 10.8 Å². The third-order valence-electron chi connectivity index (χ3n) is 9.59. The van der Waals surface area contributed by atoms with E-state index in [9.17, 15) is 14.0 Å². The first kappa shape index (κ1) is 31.9. The van der Waals surface area contributed by atoms with Crippen LogP contribution in [-0.2, 0) is 4.79 Å². The van der Waals surface area contributed by atoms with Gasteiger partial charge in [-0.2, -0.15) is 0 Å². The number of fused-ring (bicyclic) bond motifs is 1. The van der Waals surface area contributed by atoms with Crippen LogP contribution in [0.15, 0.2) is 97.1 Å². The van der Waals surface area contributed by atoms with E-state index in [4.69, 9.17) is 0 Å². The van der Waals surface area contributed by atoms with Crippen LogP contribution >= 0.6 is 0 Å². The molecule has 0 unspecified atom stereocenters. The van der Waals surface area contributed by atoms with E-state index in [0.717, 1.165) is 49.7 Å². The molecule has 46 heavy (non-hydrogen) atoms. The zero-order valence-electron chi connectivity index (χ0n) is 26.5. The standard InChI is InChI=1S/C39H45FN4O2/c40-34-19-18-31-25-33(17-16-32(31)26-34)38(45)41-27-35-20-24-44(39(46)37(42-35)15-10-23-43-21-8-3-9-22-43)28-36(29-11-4-1-5-12-29)30-13-6-2-7-14-30/h1-2,4-7,11-14,16-19,25-26,35-37,42H,3,8-10,15,20-24,27-28H2,(H,41,45)/t35-,37-/m0/s1. The van der Waals surface area contributed by atoms with Crippen LogP contribution in [0.2, 0.25) is 0 Å². The monoisotopic (exact) mass is 620 g/mol. The third kappa shape index (κ3) is 8.20. The van der Waals surface area contributed by atoms with Crippen molar-refractivity contribution in [1.82, 2.24) is 20.4 Å². The summed E-state index contributed by atoms with van der Waals surface area (Å²) >= 11 is 0. The highest BCUT2D eigenvalue weighted by Crippen LogP contribution is 2.27. The van der Waals surface area contributed by atoms with Crippen molar-refractivity contribution in [2.24, 2.45) is 0 Å². The van der Waals surface area contributed by atoms with Gasteiger partial charge in [0.2, 0.25) is 5.91 Å². The Bertz CT molecular complexity index is 1550. The van der Waals surface area contributed by atoms with Gasteiger partial charge in [-0.1, -0.05) is 79.2 Å². The average Bonchev–Trinajstić information content (AvgIpc) is 3.24. The van der Waals surface area contributed by atoms with E-state index < -0.39 is 0 Å². The summed E-state index contributed by atoms with van der Waals surface area (Å²) in [6.07, 6.45) is 6.27. The number of hydrogen-bond donors (Lipinski definition) is 2. The van der Waals surface area contributed by atoms with Crippen molar-refractivity contribution in [2.45, 2.75) is 56.5 Å². The molecule has 0 aliphatic carbocycles. The number of carbonyl (C=O) groups excluding carboxylic acids is 2. The van der Waals surface area contributed by atoms with E-state index in [-0.39, 0.29) is 35.6 Å². The molecule has 2 N–H and O–H groups in total. The highest BCUT2D eigenvalue weighted by atomic mass is 19.1. The molecule has 2 amide bonds. The zero-order valence-corrected chi connectivity index (χ0v) is 26.5. The van der Waals surface area contributed by atoms with Gasteiger partial charge in [0, 0.05) is 37.2 Å². The lowest BCUT2D eigenvalue weighted by Crippen LogP contribution is -2.49. The summed E-state index contributed by atoms with van der Waals surface area (Å²) in [5.41, 5.74) is 2.93. The van der Waals surface area contributed by atoms with Crippen LogP contribution in [0.5, 0.6) is 0 Å². The van der Waals surface area contributed by atoms with Crippen LogP contribution in [0, 0.1) is 5.82 Å². The fourth-order valence-electron chi connectivity index (χ4n) is 7.00. The highest BCUT2D eigenvalue weighted by Gasteiger charge is 2.32. The van der Waals surface area contributed by atoms with Crippen molar-refractivity contribution >= 4 is 22.6 Å². The van der Waals surface area contributed by atoms with E-state index in [1.54, 1.807) is 24.3 Å². The van der Waals surface area contributed by atoms with E-state index in [1.807, 2.05) is 17.0 Å². The van der Waals surface area contributed by atoms with Crippen molar-refractivity contribution in [2.75, 3.05) is 39.3 Å². The second kappa shape index (κ2) is 15.5. The van der Waals surface area contributed by atoms with Crippen LogP contribution in [0.1, 0.15) is 65.9 Å². The Morgan fingerprint density at radius 3 is 2.24 bits per heavy atom. The first-order chi connectivity index (χ1) is 22.5. The number of piperidine rings is 1. The number of benzene rings is 4. The van der Waals surface area contributed by atoms with Gasteiger partial charge in [-0.05, 0) is 97.9 Å². The number of halogens is 1. The molecular formula is C39H45FN4O2. The van der Waals surface area contributed by atoms with E-state index >= 15 is 0 Å². The summed E-state index contributed by atoms with van der Waals surface area (Å²) in [4.78, 5) is 32.0. The molecule has 7 heteroatoms. The van der Waals surface area contributed by atoms with Gasteiger partial charge in [0.05, 0.1) is 6.04 Å². The van der Waals surface area contributed by atoms with E-state index in [2.05, 4.69) is 64.1 Å². The van der Waals surface area contributed by atoms with Crippen LogP contribution < -0.4 is 10.6 Å². The molecule has 0 radical (unpaired) electrons. The van der Waals surface area contributed by atoms with Gasteiger partial charge in [0.15, 0.2) is 0 Å². The van der Waals surface area contributed by atoms with Gasteiger partial charge in [0.25, 0.3) is 5.91 Å². The van der Waals surface area contributed by atoms with Gasteiger partial charge in [-0.3, -0.25) is 9.59 Å². The molecule has 0 spiro atoms. The Hall–Kier alpha value is -4.07. The minimum absolute atomic E-state index is 0.0423. The normalized spacial score (nSPS) is 19.3.